The second-order valence-electron chi connectivity index (χ2n) is 10.6. The second-order valence-corrected chi connectivity index (χ2v) is 11.5. The zero-order chi connectivity index (χ0) is 25.8. The Labute approximate surface area is 227 Å². The number of nitrogens with zero attached hydrogens (tertiary/aromatic N) is 4. The van der Waals surface area contributed by atoms with Crippen LogP contribution in [0, 0.1) is 11.8 Å². The number of anilines is 1. The van der Waals surface area contributed by atoms with Crippen LogP contribution in [-0.2, 0) is 11.3 Å². The van der Waals surface area contributed by atoms with Crippen LogP contribution < -0.4 is 10.2 Å². The highest BCUT2D eigenvalue weighted by molar-refractivity contribution is 9.10. The Bertz CT molecular complexity index is 1180. The SMILES string of the molecule is CC1CCN(c2ccc(C(C)NC(=O)C3CCN(Cc4nc(-c5cccc(Br)c5)no4)CC3)cc2)CC1. The number of benzene rings is 2. The second kappa shape index (κ2) is 11.8. The molecule has 2 fully saturated rings. The minimum absolute atomic E-state index is 0.00389. The van der Waals surface area contributed by atoms with Crippen LogP contribution in [0.5, 0.6) is 0 Å². The molecule has 0 saturated carbocycles. The number of nitrogens with one attached hydrogen (secondary N) is 1. The third kappa shape index (κ3) is 6.60. The van der Waals surface area contributed by atoms with Crippen molar-refractivity contribution < 1.29 is 9.32 Å². The van der Waals surface area contributed by atoms with Gasteiger partial charge in [0.2, 0.25) is 17.6 Å². The summed E-state index contributed by atoms with van der Waals surface area (Å²) in [6, 6.07) is 16.6. The highest BCUT2D eigenvalue weighted by Crippen LogP contribution is 2.26. The molecule has 3 aromatic rings. The predicted octanol–water partition coefficient (Wildman–Crippen LogP) is 5.82. The lowest BCUT2D eigenvalue weighted by Gasteiger charge is -2.32. The smallest absolute Gasteiger partial charge is 0.241 e. The summed E-state index contributed by atoms with van der Waals surface area (Å²) in [6.45, 7) is 8.95. The van der Waals surface area contributed by atoms with Crippen LogP contribution in [0.3, 0.4) is 0 Å². The van der Waals surface area contributed by atoms with E-state index in [4.69, 9.17) is 4.52 Å². The average molecular weight is 567 g/mol. The quantitative estimate of drug-likeness (QED) is 0.388. The van der Waals surface area contributed by atoms with Gasteiger partial charge in [-0.3, -0.25) is 9.69 Å². The largest absolute Gasteiger partial charge is 0.372 e. The minimum Gasteiger partial charge on any atom is -0.372 e. The van der Waals surface area contributed by atoms with Gasteiger partial charge in [-0.25, -0.2) is 0 Å². The summed E-state index contributed by atoms with van der Waals surface area (Å²) in [5.41, 5.74) is 3.36. The Balaban J connectivity index is 1.08. The molecular formula is C29H36BrN5O2. The molecule has 0 radical (unpaired) electrons. The topological polar surface area (TPSA) is 74.5 Å². The molecule has 37 heavy (non-hydrogen) atoms. The average Bonchev–Trinajstić information content (AvgIpc) is 3.38. The van der Waals surface area contributed by atoms with Gasteiger partial charge < -0.3 is 14.7 Å². The van der Waals surface area contributed by atoms with E-state index in [1.807, 2.05) is 24.3 Å². The molecule has 1 aromatic heterocycles. The number of amides is 1. The van der Waals surface area contributed by atoms with E-state index in [0.717, 1.165) is 60.5 Å². The van der Waals surface area contributed by atoms with E-state index in [1.165, 1.54) is 18.5 Å². The Morgan fingerprint density at radius 2 is 1.81 bits per heavy atom. The van der Waals surface area contributed by atoms with Crippen LogP contribution in [0.25, 0.3) is 11.4 Å². The maximum absolute atomic E-state index is 13.0. The third-order valence-electron chi connectivity index (χ3n) is 7.77. The zero-order valence-electron chi connectivity index (χ0n) is 21.7. The van der Waals surface area contributed by atoms with Crippen molar-refractivity contribution in [3.63, 3.8) is 0 Å². The summed E-state index contributed by atoms with van der Waals surface area (Å²) < 4.78 is 6.47. The van der Waals surface area contributed by atoms with Gasteiger partial charge in [0.15, 0.2) is 0 Å². The number of likely N-dealkylation sites (tertiary alicyclic amines) is 1. The number of aromatic nitrogens is 2. The van der Waals surface area contributed by atoms with Crippen molar-refractivity contribution in [3.05, 3.63) is 64.5 Å². The van der Waals surface area contributed by atoms with Gasteiger partial charge >= 0.3 is 0 Å². The molecule has 2 aliphatic heterocycles. The summed E-state index contributed by atoms with van der Waals surface area (Å²) in [7, 11) is 0. The summed E-state index contributed by atoms with van der Waals surface area (Å²) in [5.74, 6) is 2.21. The standard InChI is InChI=1S/C29H36BrN5O2/c1-20-10-16-35(17-11-20)26-8-6-22(7-9-26)21(2)31-29(36)23-12-14-34(15-13-23)19-27-32-28(33-37-27)24-4-3-5-25(30)18-24/h3-9,18,20-21,23H,10-17,19H2,1-2H3,(H,31,36). The van der Waals surface area contributed by atoms with Crippen molar-refractivity contribution in [2.24, 2.45) is 11.8 Å². The molecule has 3 heterocycles. The first-order chi connectivity index (χ1) is 17.9. The molecule has 2 saturated heterocycles. The summed E-state index contributed by atoms with van der Waals surface area (Å²) in [6.07, 6.45) is 4.18. The lowest BCUT2D eigenvalue weighted by Crippen LogP contribution is -2.41. The van der Waals surface area contributed by atoms with E-state index in [1.54, 1.807) is 0 Å². The van der Waals surface area contributed by atoms with Gasteiger partial charge in [-0.15, -0.1) is 0 Å². The van der Waals surface area contributed by atoms with Gasteiger partial charge in [-0.2, -0.15) is 4.98 Å². The first-order valence-electron chi connectivity index (χ1n) is 13.4. The Kier molecular flexibility index (Phi) is 8.25. The molecule has 5 rings (SSSR count). The number of carbonyl (C=O) groups excluding carboxylic acids is 1. The van der Waals surface area contributed by atoms with Gasteiger partial charge in [0.05, 0.1) is 12.6 Å². The molecule has 2 aromatic carbocycles. The fourth-order valence-corrected chi connectivity index (χ4v) is 5.66. The van der Waals surface area contributed by atoms with E-state index >= 15 is 0 Å². The van der Waals surface area contributed by atoms with Crippen LogP contribution >= 0.6 is 15.9 Å². The molecule has 0 spiro atoms. The van der Waals surface area contributed by atoms with Crippen molar-refractivity contribution in [3.8, 4) is 11.4 Å². The highest BCUT2D eigenvalue weighted by Gasteiger charge is 2.27. The lowest BCUT2D eigenvalue weighted by molar-refractivity contribution is -0.127. The van der Waals surface area contributed by atoms with Gasteiger partial charge in [0, 0.05) is 34.7 Å². The van der Waals surface area contributed by atoms with Gasteiger partial charge in [-0.1, -0.05) is 52.3 Å². The third-order valence-corrected chi connectivity index (χ3v) is 8.26. The van der Waals surface area contributed by atoms with Gasteiger partial charge in [0.25, 0.3) is 0 Å². The van der Waals surface area contributed by atoms with Crippen molar-refractivity contribution in [1.82, 2.24) is 20.4 Å². The van der Waals surface area contributed by atoms with Crippen molar-refractivity contribution in [2.45, 2.75) is 52.1 Å². The predicted molar refractivity (Wildman–Crippen MR) is 149 cm³/mol. The molecule has 1 atom stereocenters. The molecule has 8 heteroatoms. The number of hydrogen-bond acceptors (Lipinski definition) is 6. The van der Waals surface area contributed by atoms with Gasteiger partial charge in [-0.05, 0) is 81.4 Å². The van der Waals surface area contributed by atoms with Gasteiger partial charge in [0.1, 0.15) is 0 Å². The molecule has 1 amide bonds. The number of hydrogen-bond donors (Lipinski definition) is 1. The minimum atomic E-state index is -0.00389. The fraction of sp³-hybridized carbons (Fsp3) is 0.483. The van der Waals surface area contributed by atoms with E-state index in [0.29, 0.717) is 18.3 Å². The van der Waals surface area contributed by atoms with Crippen LogP contribution in [-0.4, -0.2) is 47.1 Å². The number of carbonyl (C=O) groups is 1. The van der Waals surface area contributed by atoms with Crippen molar-refractivity contribution >= 4 is 27.5 Å². The monoisotopic (exact) mass is 565 g/mol. The van der Waals surface area contributed by atoms with E-state index in [9.17, 15) is 4.79 Å². The fourth-order valence-electron chi connectivity index (χ4n) is 5.26. The lowest BCUT2D eigenvalue weighted by atomic mass is 9.95. The van der Waals surface area contributed by atoms with Crippen LogP contribution in [0.1, 0.15) is 57.0 Å². The van der Waals surface area contributed by atoms with Crippen molar-refractivity contribution in [1.29, 1.82) is 0 Å². The Morgan fingerprint density at radius 3 is 2.51 bits per heavy atom. The number of piperidine rings is 2. The molecule has 1 N–H and O–H groups in total. The molecule has 1 unspecified atom stereocenters. The van der Waals surface area contributed by atoms with E-state index in [-0.39, 0.29) is 17.9 Å². The first kappa shape index (κ1) is 25.9. The zero-order valence-corrected chi connectivity index (χ0v) is 23.3. The van der Waals surface area contributed by atoms with Crippen LogP contribution in [0.15, 0.2) is 57.5 Å². The van der Waals surface area contributed by atoms with Crippen LogP contribution in [0.2, 0.25) is 0 Å². The normalized spacial score (nSPS) is 18.6. The molecule has 0 bridgehead atoms. The summed E-state index contributed by atoms with van der Waals surface area (Å²) in [4.78, 5) is 22.3. The van der Waals surface area contributed by atoms with Crippen LogP contribution in [0.4, 0.5) is 5.69 Å². The van der Waals surface area contributed by atoms with Crippen molar-refractivity contribution in [2.75, 3.05) is 31.1 Å². The summed E-state index contributed by atoms with van der Waals surface area (Å²) >= 11 is 3.48. The number of rotatable bonds is 7. The highest BCUT2D eigenvalue weighted by atomic mass is 79.9. The molecule has 196 valence electrons. The molecular weight excluding hydrogens is 530 g/mol. The Morgan fingerprint density at radius 1 is 1.08 bits per heavy atom. The van der Waals surface area contributed by atoms with E-state index < -0.39 is 0 Å². The molecule has 7 nitrogen and oxygen atoms in total. The van der Waals surface area contributed by atoms with E-state index in [2.05, 4.69) is 79.3 Å². The molecule has 2 aliphatic rings. The molecule has 0 aliphatic carbocycles. The number of halogens is 1. The maximum Gasteiger partial charge on any atom is 0.241 e. The first-order valence-corrected chi connectivity index (χ1v) is 14.2. The maximum atomic E-state index is 13.0. The Hall–Kier alpha value is -2.71. The summed E-state index contributed by atoms with van der Waals surface area (Å²) in [5, 5.41) is 7.38.